The maximum Gasteiger partial charge on any atom is 0.144 e. The lowest BCUT2D eigenvalue weighted by atomic mass is 10.2. The van der Waals surface area contributed by atoms with E-state index in [0.717, 1.165) is 16.3 Å². The first kappa shape index (κ1) is 14.5. The minimum Gasteiger partial charge on any atom is -0.247 e. The van der Waals surface area contributed by atoms with Gasteiger partial charge in [0, 0.05) is 17.0 Å². The third-order valence-electron chi connectivity index (χ3n) is 2.58. The molecule has 0 spiro atoms. The summed E-state index contributed by atoms with van der Waals surface area (Å²) < 4.78 is 27.7. The second-order valence-electron chi connectivity index (χ2n) is 4.23. The Balaban J connectivity index is 2.21. The second-order valence-corrected chi connectivity index (χ2v) is 6.08. The monoisotopic (exact) mass is 343 g/mol. The Morgan fingerprint density at radius 2 is 1.95 bits per heavy atom. The summed E-state index contributed by atoms with van der Waals surface area (Å²) >= 11 is 4.39. The summed E-state index contributed by atoms with van der Waals surface area (Å²) in [7, 11) is 0. The Kier molecular flexibility index (Phi) is 4.58. The number of thioether (sulfide) groups is 1. The van der Waals surface area contributed by atoms with E-state index in [2.05, 4.69) is 20.9 Å². The fraction of sp³-hybridized carbons (Fsp3) is 0.214. The summed E-state index contributed by atoms with van der Waals surface area (Å²) in [5.41, 5.74) is 2.06. The molecule has 1 aromatic carbocycles. The van der Waals surface area contributed by atoms with Crippen molar-refractivity contribution in [3.8, 4) is 0 Å². The van der Waals surface area contributed by atoms with E-state index in [0.29, 0.717) is 0 Å². The normalized spacial score (nSPS) is 10.8. The molecule has 0 amide bonds. The molecule has 0 radical (unpaired) electrons. The smallest absolute Gasteiger partial charge is 0.144 e. The van der Waals surface area contributed by atoms with Gasteiger partial charge in [0.1, 0.15) is 11.6 Å². The van der Waals surface area contributed by atoms with Crippen LogP contribution in [0.2, 0.25) is 0 Å². The molecule has 0 saturated carbocycles. The van der Waals surface area contributed by atoms with Gasteiger partial charge in [0.05, 0.1) is 9.50 Å². The maximum atomic E-state index is 13.8. The minimum absolute atomic E-state index is 0.0698. The quantitative estimate of drug-likeness (QED) is 0.572. The summed E-state index contributed by atoms with van der Waals surface area (Å²) in [6.07, 6.45) is 0. The molecule has 1 nitrogen and oxygen atoms in total. The zero-order valence-electron chi connectivity index (χ0n) is 10.5. The molecule has 0 saturated heterocycles. The Morgan fingerprint density at radius 3 is 2.63 bits per heavy atom. The van der Waals surface area contributed by atoms with Crippen molar-refractivity contribution in [2.45, 2.75) is 24.6 Å². The van der Waals surface area contributed by atoms with Crippen molar-refractivity contribution in [3.63, 3.8) is 0 Å². The lowest BCUT2D eigenvalue weighted by Gasteiger charge is -2.07. The predicted octanol–water partition coefficient (Wildman–Crippen LogP) is 5.03. The first-order valence-corrected chi connectivity index (χ1v) is 7.45. The van der Waals surface area contributed by atoms with Gasteiger partial charge in [-0.3, -0.25) is 0 Å². The molecule has 0 atom stereocenters. The van der Waals surface area contributed by atoms with E-state index in [4.69, 9.17) is 0 Å². The molecule has 5 heteroatoms. The molecule has 1 heterocycles. The lowest BCUT2D eigenvalue weighted by molar-refractivity contribution is 0.562. The summed E-state index contributed by atoms with van der Waals surface area (Å²) in [4.78, 5) is 4.34. The zero-order valence-corrected chi connectivity index (χ0v) is 12.9. The molecular formula is C14H12BrF2NS. The molecule has 100 valence electrons. The van der Waals surface area contributed by atoms with E-state index in [9.17, 15) is 8.78 Å². The van der Waals surface area contributed by atoms with Gasteiger partial charge in [0.2, 0.25) is 0 Å². The van der Waals surface area contributed by atoms with Crippen LogP contribution in [0.25, 0.3) is 0 Å². The summed E-state index contributed by atoms with van der Waals surface area (Å²) in [6.45, 7) is 3.87. The Hall–Kier alpha value is -0.940. The van der Waals surface area contributed by atoms with Gasteiger partial charge in [-0.15, -0.1) is 11.8 Å². The van der Waals surface area contributed by atoms with Gasteiger partial charge in [-0.25, -0.2) is 13.8 Å². The largest absolute Gasteiger partial charge is 0.247 e. The van der Waals surface area contributed by atoms with Crippen molar-refractivity contribution in [2.75, 3.05) is 0 Å². The van der Waals surface area contributed by atoms with Gasteiger partial charge in [-0.1, -0.05) is 0 Å². The van der Waals surface area contributed by atoms with Crippen LogP contribution < -0.4 is 0 Å². The van der Waals surface area contributed by atoms with E-state index < -0.39 is 11.6 Å². The van der Waals surface area contributed by atoms with Crippen LogP contribution in [0.4, 0.5) is 8.78 Å². The molecule has 0 aliphatic rings. The Bertz CT molecular complexity index is 596. The van der Waals surface area contributed by atoms with Crippen LogP contribution in [-0.2, 0) is 5.75 Å². The number of hydrogen-bond acceptors (Lipinski definition) is 2. The van der Waals surface area contributed by atoms with Gasteiger partial charge >= 0.3 is 0 Å². The van der Waals surface area contributed by atoms with Gasteiger partial charge in [-0.2, -0.15) is 0 Å². The van der Waals surface area contributed by atoms with Crippen LogP contribution in [-0.4, -0.2) is 4.98 Å². The number of aryl methyl sites for hydroxylation is 2. The standard InChI is InChI=1S/C14H12BrF2NS/c1-8-5-9(2)18-13(6-8)19-7-10-12(16)4-3-11(15)14(10)17/h3-6H,7H2,1-2H3. The third kappa shape index (κ3) is 3.54. The van der Waals surface area contributed by atoms with Crippen molar-refractivity contribution in [2.24, 2.45) is 0 Å². The third-order valence-corrected chi connectivity index (χ3v) is 4.13. The Labute approximate surface area is 123 Å². The number of hydrogen-bond donors (Lipinski definition) is 0. The van der Waals surface area contributed by atoms with E-state index in [1.165, 1.54) is 23.9 Å². The molecule has 0 fully saturated rings. The van der Waals surface area contributed by atoms with Crippen molar-refractivity contribution >= 4 is 27.7 Å². The van der Waals surface area contributed by atoms with Crippen LogP contribution >= 0.6 is 27.7 Å². The van der Waals surface area contributed by atoms with Crippen molar-refractivity contribution in [1.29, 1.82) is 0 Å². The number of pyridine rings is 1. The fourth-order valence-corrected chi connectivity index (χ4v) is 3.13. The summed E-state index contributed by atoms with van der Waals surface area (Å²) in [5, 5.41) is 0.774. The number of rotatable bonds is 3. The highest BCUT2D eigenvalue weighted by Gasteiger charge is 2.13. The maximum absolute atomic E-state index is 13.8. The van der Waals surface area contributed by atoms with Gasteiger partial charge in [0.25, 0.3) is 0 Å². The van der Waals surface area contributed by atoms with E-state index in [1.807, 2.05) is 26.0 Å². The number of aromatic nitrogens is 1. The number of halogens is 3. The first-order valence-electron chi connectivity index (χ1n) is 5.68. The Morgan fingerprint density at radius 1 is 1.21 bits per heavy atom. The predicted molar refractivity (Wildman–Crippen MR) is 77.3 cm³/mol. The van der Waals surface area contributed by atoms with Crippen LogP contribution in [0.15, 0.2) is 33.8 Å². The minimum atomic E-state index is -0.545. The fourth-order valence-electron chi connectivity index (χ4n) is 1.73. The van der Waals surface area contributed by atoms with Crippen molar-refractivity contribution in [3.05, 3.63) is 57.2 Å². The van der Waals surface area contributed by atoms with Crippen LogP contribution in [0.5, 0.6) is 0 Å². The van der Waals surface area contributed by atoms with Crippen LogP contribution in [0, 0.1) is 25.5 Å². The number of benzene rings is 1. The molecule has 2 aromatic rings. The molecular weight excluding hydrogens is 332 g/mol. The highest BCUT2D eigenvalue weighted by Crippen LogP contribution is 2.28. The highest BCUT2D eigenvalue weighted by atomic mass is 79.9. The van der Waals surface area contributed by atoms with Gasteiger partial charge in [-0.05, 0) is 59.6 Å². The van der Waals surface area contributed by atoms with E-state index >= 15 is 0 Å². The van der Waals surface area contributed by atoms with Gasteiger partial charge in [0.15, 0.2) is 0 Å². The SMILES string of the molecule is Cc1cc(C)nc(SCc2c(F)ccc(Br)c2F)c1. The lowest BCUT2D eigenvalue weighted by Crippen LogP contribution is -1.95. The van der Waals surface area contributed by atoms with Crippen molar-refractivity contribution in [1.82, 2.24) is 4.98 Å². The van der Waals surface area contributed by atoms with Crippen molar-refractivity contribution < 1.29 is 8.78 Å². The highest BCUT2D eigenvalue weighted by molar-refractivity contribution is 9.10. The molecule has 19 heavy (non-hydrogen) atoms. The molecule has 0 aliphatic carbocycles. The summed E-state index contributed by atoms with van der Waals surface area (Å²) in [6, 6.07) is 6.50. The second kappa shape index (κ2) is 6.01. The zero-order chi connectivity index (χ0) is 14.0. The van der Waals surface area contributed by atoms with Crippen LogP contribution in [0.1, 0.15) is 16.8 Å². The number of nitrogens with zero attached hydrogens (tertiary/aromatic N) is 1. The topological polar surface area (TPSA) is 12.9 Å². The van der Waals surface area contributed by atoms with Gasteiger partial charge < -0.3 is 0 Å². The van der Waals surface area contributed by atoms with E-state index in [-0.39, 0.29) is 15.8 Å². The molecule has 0 N–H and O–H groups in total. The molecule has 2 rings (SSSR count). The molecule has 0 aliphatic heterocycles. The average Bonchev–Trinajstić information content (AvgIpc) is 2.33. The molecule has 0 unspecified atom stereocenters. The summed E-state index contributed by atoms with van der Waals surface area (Å²) in [5.74, 6) is -0.859. The average molecular weight is 344 g/mol. The molecule has 0 bridgehead atoms. The van der Waals surface area contributed by atoms with E-state index in [1.54, 1.807) is 0 Å². The van der Waals surface area contributed by atoms with Crippen LogP contribution in [0.3, 0.4) is 0 Å². The molecule has 1 aromatic heterocycles. The first-order chi connectivity index (χ1) is 8.97.